The zero-order chi connectivity index (χ0) is 108. The van der Waals surface area contributed by atoms with Crippen LogP contribution >= 0.6 is 55.8 Å². The number of alkyl halides is 1. The molecule has 12 aromatic carbocycles. The van der Waals surface area contributed by atoms with Gasteiger partial charge >= 0.3 is 120 Å². The number of hydrogen-bond donors (Lipinski definition) is 0. The van der Waals surface area contributed by atoms with Crippen molar-refractivity contribution >= 4 is 61.6 Å². The number of azide groups is 2. The van der Waals surface area contributed by atoms with E-state index < -0.39 is 0 Å². The maximum atomic E-state index is 7.52. The van der Waals surface area contributed by atoms with Gasteiger partial charge in [-0.2, -0.15) is 0 Å². The van der Waals surface area contributed by atoms with Crippen LogP contribution in [0.2, 0.25) is 0 Å². The Morgan fingerprint density at radius 1 is 0.293 bits per heavy atom. The zero-order valence-electron chi connectivity index (χ0n) is 90.7. The number of nitrogens with zero attached hydrogens (tertiary/aromatic N) is 18. The van der Waals surface area contributed by atoms with Crippen LogP contribution < -0.4 is 52.7 Å². The summed E-state index contributed by atoms with van der Waals surface area (Å²) in [6, 6.07) is 102. The minimum atomic E-state index is -0.190. The van der Waals surface area contributed by atoms with Crippen LogP contribution in [-0.2, 0) is 105 Å². The van der Waals surface area contributed by atoms with Gasteiger partial charge in [0.25, 0.3) is 0 Å². The molecule has 0 bridgehead atoms. The van der Waals surface area contributed by atoms with E-state index in [9.17, 15) is 0 Å². The Morgan fingerprint density at radius 2 is 0.420 bits per heavy atom. The molecule has 0 aliphatic heterocycles. The number of aryl methyl sites for hydroxylation is 16. The number of halogens is 6. The van der Waals surface area contributed by atoms with Gasteiger partial charge in [-0.3, -0.25) is 0 Å². The number of rotatable bonds is 2. The summed E-state index contributed by atoms with van der Waals surface area (Å²) >= 11 is 7.07. The summed E-state index contributed by atoms with van der Waals surface area (Å²) in [5.74, 6) is 13.1. The van der Waals surface area contributed by atoms with Gasteiger partial charge < -0.3 is 0 Å². The van der Waals surface area contributed by atoms with Gasteiger partial charge in [0.15, 0.2) is 0 Å². The van der Waals surface area contributed by atoms with Crippen LogP contribution in [0.4, 0.5) is 0 Å². The van der Waals surface area contributed by atoms with Crippen LogP contribution in [-0.4, -0.2) is 84.3 Å². The van der Waals surface area contributed by atoms with E-state index in [0.717, 1.165) is 123 Å². The molecule has 4 aromatic heterocycles. The summed E-state index contributed by atoms with van der Waals surface area (Å²) in [6.07, 6.45) is 20.2. The molecule has 16 aromatic rings. The van der Waals surface area contributed by atoms with Crippen LogP contribution in [0, 0.1) is 23.7 Å². The number of benzene rings is 12. The van der Waals surface area contributed by atoms with Crippen molar-refractivity contribution in [1.82, 2.24) is 60.0 Å². The third-order valence-corrected chi connectivity index (χ3v) is 22.6. The van der Waals surface area contributed by atoms with Crippen molar-refractivity contribution in [2.45, 2.75) is 227 Å². The standard InChI is InChI=1S/4C17H15N3.2C16H12.6C3H8.2C2H5N3.CH3I2.2CH4.BI2.HI2/c4*1-20-17-15-9-5-3-7-13(15)11-10-12-6-2-4-8-14(12)16(17)18-19-20;2*1-2-6-14-11-12-16-8-4-3-7-15(16)10-9-13(14)5-1;6*1-3-2;2*1-2-4-5-3;1-3-2;;;1-3-2;1-2/h4*2-9H,10-11H2,1H3;2*1-8H,9-10H2;6*3H2,1-2H3;2*2H2,1H3;1H3;2*1H4;;1H/q;;;;;;;;;;;;;;-1;;;2*-1/i;;;;;;;;;;;;;;;;;;1D. The first-order valence-corrected chi connectivity index (χ1v) is 73.5. The second-order valence-electron chi connectivity index (χ2n) is 34.6. The molecule has 2 radical (unpaired) electrons. The molecule has 0 fully saturated rings. The first-order valence-electron chi connectivity index (χ1n) is 51.6. The van der Waals surface area contributed by atoms with Crippen LogP contribution in [0.25, 0.3) is 111 Å². The Bertz CT molecular complexity index is 6070. The second kappa shape index (κ2) is 77.7. The van der Waals surface area contributed by atoms with E-state index >= 15 is 0 Å². The van der Waals surface area contributed by atoms with Gasteiger partial charge in [-0.05, 0) is 179 Å². The maximum absolute atomic E-state index is 7.52. The molecule has 22 rings (SSSR count). The van der Waals surface area contributed by atoms with Crippen LogP contribution in [0.15, 0.2) is 301 Å². The molecule has 150 heavy (non-hydrogen) atoms. The Labute approximate surface area is 962 Å². The molecule has 25 heteroatoms. The molecule has 6 aliphatic carbocycles. The number of aromatic nitrogens is 12. The van der Waals surface area contributed by atoms with E-state index in [1.165, 1.54) is 172 Å². The molecule has 0 spiro atoms. The fraction of sp³-hybridized carbons (Fsp3) is 0.328. The Balaban J connectivity index is 0.000000353. The third kappa shape index (κ3) is 41.1. The molecule has 0 amide bonds. The van der Waals surface area contributed by atoms with Gasteiger partial charge in [-0.1, -0.05) is 472 Å². The quantitative estimate of drug-likeness (QED) is 0.0307. The molecule has 4 heterocycles. The molecule has 6 aliphatic rings. The van der Waals surface area contributed by atoms with Crippen molar-refractivity contribution in [3.05, 3.63) is 401 Å². The topological polar surface area (TPSA) is 220 Å². The average molecular weight is 2680 g/mol. The van der Waals surface area contributed by atoms with E-state index in [1.54, 1.807) is 13.8 Å². The normalized spacial score (nSPS) is 11.1. The molecule has 0 unspecified atom stereocenters. The van der Waals surface area contributed by atoms with Crippen molar-refractivity contribution in [1.29, 1.82) is 0.594 Å². The molecule has 0 atom stereocenters. The van der Waals surface area contributed by atoms with Gasteiger partial charge in [0, 0.05) is 118 Å². The Hall–Kier alpha value is -10.6. The molecule has 792 valence electrons. The molecular weight excluding hydrogens is 2530 g/mol. The predicted molar refractivity (Wildman–Crippen MR) is 653 cm³/mol. The van der Waals surface area contributed by atoms with Gasteiger partial charge in [-0.25, -0.2) is 18.7 Å². The summed E-state index contributed by atoms with van der Waals surface area (Å²) in [4.78, 5) is 7.18. The van der Waals surface area contributed by atoms with Crippen LogP contribution in [0.3, 0.4) is 0 Å². The van der Waals surface area contributed by atoms with Gasteiger partial charge in [0.05, 0.1) is 22.8 Å². The van der Waals surface area contributed by atoms with Crippen molar-refractivity contribution in [2.75, 3.05) is 18.0 Å². The molecular formula is C125H154BI6N18-3. The summed E-state index contributed by atoms with van der Waals surface area (Å²) in [5, 5.41) is 40.9. The van der Waals surface area contributed by atoms with E-state index in [0.29, 0.717) is 30.3 Å². The number of hydrogen-bond acceptors (Lipinski definition) is 10. The first-order chi connectivity index (χ1) is 72.8. The Kier molecular flexibility index (Phi) is 67.2. The SMILES string of the molecule is C.C.C1#Cc2ccccc2CCc2ccccc21.C1#Cc2ccccc2CCc2ccccc21.CCC.CCC.CCC.CCC.CCC.CCC.CCN=[N+]=[N-].CCN=[N+]=[N-].C[I-]I.Cn1nnc2c1-c1ccccc1CCc1ccccc1-2.Cn1nnc2c1-c1ccccc1CCc1ccccc1-2.Cn1nnc2c1-c1ccccc1CCc1ccccc1-2.Cn1nnc2c1-c1ccccc1CCc1ccccc1-2.[2H][I-]I.[B][I-]I. The fourth-order valence-electron chi connectivity index (χ4n) is 16.6. The van der Waals surface area contributed by atoms with Crippen molar-refractivity contribution < 1.29 is 52.7 Å². The molecule has 0 N–H and O–H groups in total. The predicted octanol–water partition coefficient (Wildman–Crippen LogP) is 25.0. The van der Waals surface area contributed by atoms with Gasteiger partial charge in [0.1, 0.15) is 22.8 Å². The first kappa shape index (κ1) is 130. The summed E-state index contributed by atoms with van der Waals surface area (Å²) in [5.41, 5.74) is 59.4. The summed E-state index contributed by atoms with van der Waals surface area (Å²) in [6.45, 7) is 30.2. The van der Waals surface area contributed by atoms with Gasteiger partial charge in [0.2, 0.25) is 0 Å². The van der Waals surface area contributed by atoms with Crippen molar-refractivity contribution in [2.24, 2.45) is 38.4 Å². The minimum absolute atomic E-state index is 0. The summed E-state index contributed by atoms with van der Waals surface area (Å²) in [7, 11) is 7.86. The molecule has 18 nitrogen and oxygen atoms in total. The average Bonchev–Trinajstić information content (AvgIpc) is 1.66. The van der Waals surface area contributed by atoms with Crippen molar-refractivity contribution in [3.63, 3.8) is 0 Å². The Morgan fingerprint density at radius 3 is 0.567 bits per heavy atom. The summed E-state index contributed by atoms with van der Waals surface area (Å²) < 4.78 is 13.8. The monoisotopic (exact) mass is 2680 g/mol. The fourth-order valence-corrected chi connectivity index (χ4v) is 16.6. The molecule has 0 saturated heterocycles. The number of fused-ring (bicyclic) bond motifs is 24. The van der Waals surface area contributed by atoms with Gasteiger partial charge in [-0.15, -0.1) is 20.4 Å². The van der Waals surface area contributed by atoms with E-state index in [2.05, 4.69) is 520 Å². The second-order valence-corrected chi connectivity index (χ2v) is 44.5. The van der Waals surface area contributed by atoms with Crippen molar-refractivity contribution in [3.8, 4) is 114 Å². The van der Waals surface area contributed by atoms with Crippen LogP contribution in [0.5, 0.6) is 0 Å². The third-order valence-electron chi connectivity index (χ3n) is 22.6. The molecule has 0 saturated carbocycles. The van der Waals surface area contributed by atoms with E-state index in [-0.39, 0.29) is 50.3 Å². The van der Waals surface area contributed by atoms with E-state index in [4.69, 9.17) is 17.4 Å². The van der Waals surface area contributed by atoms with E-state index in [1.807, 2.05) is 46.9 Å². The zero-order valence-corrected chi connectivity index (χ0v) is 103. The van der Waals surface area contributed by atoms with Crippen LogP contribution in [0.1, 0.15) is 239 Å².